The number of hydrogen-bond donors (Lipinski definition) is 0. The number of ether oxygens (including phenoxy) is 3. The van der Waals surface area contributed by atoms with Gasteiger partial charge in [0.15, 0.2) is 17.6 Å². The van der Waals surface area contributed by atoms with Gasteiger partial charge in [-0.05, 0) is 36.8 Å². The molecule has 0 saturated carbocycles. The Labute approximate surface area is 202 Å². The van der Waals surface area contributed by atoms with Crippen molar-refractivity contribution < 1.29 is 45.8 Å². The van der Waals surface area contributed by atoms with E-state index in [1.54, 1.807) is 24.3 Å². The summed E-state index contributed by atoms with van der Waals surface area (Å²) in [5.74, 6) is -14.5. The molecule has 1 heterocycles. The first-order valence-corrected chi connectivity index (χ1v) is 10.6. The van der Waals surface area contributed by atoms with Crippen LogP contribution in [0.3, 0.4) is 0 Å². The average Bonchev–Trinajstić information content (AvgIpc) is 3.14. The van der Waals surface area contributed by atoms with Crippen LogP contribution in [0.1, 0.15) is 22.8 Å². The van der Waals surface area contributed by atoms with E-state index in [1.165, 1.54) is 24.3 Å². The summed E-state index contributed by atoms with van der Waals surface area (Å²) < 4.78 is 83.5. The molecule has 0 fully saturated rings. The van der Waals surface area contributed by atoms with E-state index in [4.69, 9.17) is 9.47 Å². The van der Waals surface area contributed by atoms with E-state index in [0.717, 1.165) is 11.4 Å². The molecule has 180 valence electrons. The summed E-state index contributed by atoms with van der Waals surface area (Å²) in [6.07, 6.45) is -0.233. The number of benzene rings is 3. The molecule has 3 aromatic carbocycles. The summed E-state index contributed by atoms with van der Waals surface area (Å²) in [4.78, 5) is 24.9. The summed E-state index contributed by atoms with van der Waals surface area (Å²) >= 11 is 3.37. The van der Waals surface area contributed by atoms with Gasteiger partial charge in [0.1, 0.15) is 11.5 Å². The van der Waals surface area contributed by atoms with Crippen molar-refractivity contribution in [3.05, 3.63) is 92.9 Å². The van der Waals surface area contributed by atoms with E-state index in [-0.39, 0.29) is 22.8 Å². The van der Waals surface area contributed by atoms with Gasteiger partial charge in [-0.1, -0.05) is 34.1 Å². The van der Waals surface area contributed by atoms with E-state index < -0.39 is 52.7 Å². The molecule has 11 heteroatoms. The predicted octanol–water partition coefficient (Wildman–Crippen LogP) is 6.13. The highest BCUT2D eigenvalue weighted by atomic mass is 79.9. The monoisotopic (exact) mass is 554 g/mol. The molecule has 4 rings (SSSR count). The maximum Gasteiger partial charge on any atom is 0.352 e. The third-order valence-corrected chi connectivity index (χ3v) is 5.57. The van der Waals surface area contributed by atoms with E-state index >= 15 is 0 Å². The molecule has 1 atom stereocenters. The summed E-state index contributed by atoms with van der Waals surface area (Å²) in [7, 11) is 0. The Hall–Kier alpha value is -3.73. The van der Waals surface area contributed by atoms with Gasteiger partial charge in [0.05, 0.1) is 5.56 Å². The van der Waals surface area contributed by atoms with Crippen LogP contribution in [0.5, 0.6) is 17.2 Å². The van der Waals surface area contributed by atoms with E-state index in [0.29, 0.717) is 5.56 Å². The van der Waals surface area contributed by atoms with E-state index in [9.17, 15) is 31.5 Å². The fourth-order valence-corrected chi connectivity index (χ4v) is 3.48. The number of halogens is 6. The van der Waals surface area contributed by atoms with Gasteiger partial charge in [0.25, 0.3) is 0 Å². The fourth-order valence-electron chi connectivity index (χ4n) is 3.08. The van der Waals surface area contributed by atoms with Gasteiger partial charge in [-0.25, -0.2) is 18.0 Å². The van der Waals surface area contributed by atoms with Crippen LogP contribution in [0.2, 0.25) is 0 Å². The lowest BCUT2D eigenvalue weighted by atomic mass is 10.1. The number of ketones is 1. The van der Waals surface area contributed by atoms with Crippen molar-refractivity contribution >= 4 is 33.8 Å². The second kappa shape index (κ2) is 9.49. The smallest absolute Gasteiger partial charge is 0.352 e. The molecule has 1 aliphatic heterocycles. The number of rotatable bonds is 5. The lowest BCUT2D eigenvalue weighted by Gasteiger charge is -2.15. The molecule has 0 radical (unpaired) electrons. The van der Waals surface area contributed by atoms with E-state index in [1.807, 2.05) is 0 Å². The number of carbonyl (C=O) groups is 2. The first-order chi connectivity index (χ1) is 16.6. The zero-order valence-electron chi connectivity index (χ0n) is 17.5. The number of Topliss-reactive ketones (excluding diaryl/α,β-unsaturated/α-hetero) is 1. The zero-order valence-corrected chi connectivity index (χ0v) is 19.1. The van der Waals surface area contributed by atoms with Crippen LogP contribution in [0, 0.1) is 29.1 Å². The lowest BCUT2D eigenvalue weighted by Crippen LogP contribution is -2.29. The summed E-state index contributed by atoms with van der Waals surface area (Å²) in [6.45, 7) is 0.992. The number of hydrogen-bond acceptors (Lipinski definition) is 5. The van der Waals surface area contributed by atoms with Gasteiger partial charge >= 0.3 is 5.97 Å². The SMILES string of the molecule is CC(Oc1c(F)c(F)c(F)c(F)c1F)C(=O)Oc1ccc2c(c1)O/C(=C\c1ccccc1Br)C2=O. The Morgan fingerprint density at radius 1 is 0.971 bits per heavy atom. The Morgan fingerprint density at radius 2 is 1.60 bits per heavy atom. The highest BCUT2D eigenvalue weighted by Gasteiger charge is 2.31. The van der Waals surface area contributed by atoms with Gasteiger partial charge in [-0.3, -0.25) is 4.79 Å². The van der Waals surface area contributed by atoms with E-state index in [2.05, 4.69) is 20.7 Å². The number of esters is 1. The van der Waals surface area contributed by atoms with Crippen molar-refractivity contribution in [2.45, 2.75) is 13.0 Å². The van der Waals surface area contributed by atoms with Gasteiger partial charge in [0, 0.05) is 10.5 Å². The van der Waals surface area contributed by atoms with Crippen LogP contribution in [0.4, 0.5) is 22.0 Å². The molecule has 1 unspecified atom stereocenters. The lowest BCUT2D eigenvalue weighted by molar-refractivity contribution is -0.141. The molecular weight excluding hydrogens is 543 g/mol. The molecule has 0 aliphatic carbocycles. The van der Waals surface area contributed by atoms with Crippen molar-refractivity contribution in [3.8, 4) is 17.2 Å². The highest BCUT2D eigenvalue weighted by Crippen LogP contribution is 2.36. The minimum atomic E-state index is -2.36. The quantitative estimate of drug-likeness (QED) is 0.0947. The summed E-state index contributed by atoms with van der Waals surface area (Å²) in [5, 5.41) is 0. The van der Waals surface area contributed by atoms with Gasteiger partial charge in [0.2, 0.25) is 34.9 Å². The maximum absolute atomic E-state index is 13.8. The van der Waals surface area contributed by atoms with Gasteiger partial charge in [-0.15, -0.1) is 0 Å². The van der Waals surface area contributed by atoms with Crippen LogP contribution in [0.25, 0.3) is 6.08 Å². The molecule has 1 aliphatic rings. The van der Waals surface area contributed by atoms with Crippen LogP contribution < -0.4 is 14.2 Å². The molecule has 0 aromatic heterocycles. The third kappa shape index (κ3) is 4.63. The molecule has 0 spiro atoms. The van der Waals surface area contributed by atoms with Crippen molar-refractivity contribution in [3.63, 3.8) is 0 Å². The number of fused-ring (bicyclic) bond motifs is 1. The second-order valence-electron chi connectivity index (χ2n) is 7.20. The first kappa shape index (κ1) is 24.4. The van der Waals surface area contributed by atoms with Crippen LogP contribution in [0.15, 0.2) is 52.7 Å². The van der Waals surface area contributed by atoms with Crippen LogP contribution in [-0.4, -0.2) is 17.9 Å². The first-order valence-electron chi connectivity index (χ1n) is 9.81. The maximum atomic E-state index is 13.8. The highest BCUT2D eigenvalue weighted by molar-refractivity contribution is 9.10. The van der Waals surface area contributed by atoms with Crippen molar-refractivity contribution in [2.24, 2.45) is 0 Å². The molecule has 0 saturated heterocycles. The normalized spacial score (nSPS) is 14.5. The second-order valence-corrected chi connectivity index (χ2v) is 8.05. The minimum absolute atomic E-state index is 0.0263. The van der Waals surface area contributed by atoms with Crippen molar-refractivity contribution in [1.82, 2.24) is 0 Å². The average molecular weight is 555 g/mol. The number of carbonyl (C=O) groups excluding carboxylic acids is 2. The zero-order chi connectivity index (χ0) is 25.4. The predicted molar refractivity (Wildman–Crippen MR) is 115 cm³/mol. The Kier molecular flexibility index (Phi) is 6.62. The minimum Gasteiger partial charge on any atom is -0.473 e. The van der Waals surface area contributed by atoms with Crippen LogP contribution >= 0.6 is 15.9 Å². The number of allylic oxidation sites excluding steroid dienone is 1. The molecule has 0 amide bonds. The molecule has 0 N–H and O–H groups in total. The topological polar surface area (TPSA) is 61.8 Å². The largest absolute Gasteiger partial charge is 0.473 e. The molecule has 0 bridgehead atoms. The van der Waals surface area contributed by atoms with Gasteiger partial charge in [-0.2, -0.15) is 8.78 Å². The third-order valence-electron chi connectivity index (χ3n) is 4.85. The van der Waals surface area contributed by atoms with Crippen LogP contribution in [-0.2, 0) is 4.79 Å². The fraction of sp³-hybridized carbons (Fsp3) is 0.0833. The summed E-state index contributed by atoms with van der Waals surface area (Å²) in [5.41, 5.74) is 0.892. The molecule has 5 nitrogen and oxygen atoms in total. The Bertz CT molecular complexity index is 1380. The Morgan fingerprint density at radius 3 is 2.26 bits per heavy atom. The molecule has 3 aromatic rings. The standard InChI is InChI=1S/C24H12BrF5O5/c1-10(33-23-20(29)18(27)17(26)19(28)21(23)30)24(32)34-12-6-7-13-15(9-12)35-16(22(13)31)8-11-4-2-3-5-14(11)25/h2-10H,1H3/b16-8-. The summed E-state index contributed by atoms with van der Waals surface area (Å²) in [6, 6.07) is 11.0. The van der Waals surface area contributed by atoms with Crippen molar-refractivity contribution in [1.29, 1.82) is 0 Å². The van der Waals surface area contributed by atoms with Gasteiger partial charge < -0.3 is 14.2 Å². The molecular formula is C24H12BrF5O5. The van der Waals surface area contributed by atoms with Crippen molar-refractivity contribution in [2.75, 3.05) is 0 Å². The molecule has 35 heavy (non-hydrogen) atoms. The Balaban J connectivity index is 1.50.